The van der Waals surface area contributed by atoms with Crippen LogP contribution in [0.1, 0.15) is 11.4 Å². The number of tetrazole rings is 1. The van der Waals surface area contributed by atoms with Gasteiger partial charge in [0, 0.05) is 12.6 Å². The molecule has 0 aliphatic carbocycles. The second-order valence-electron chi connectivity index (χ2n) is 4.26. The Kier molecular flexibility index (Phi) is 3.46. The fourth-order valence-corrected chi connectivity index (χ4v) is 2.29. The van der Waals surface area contributed by atoms with E-state index in [2.05, 4.69) is 25.7 Å². The quantitative estimate of drug-likeness (QED) is 0.677. The van der Waals surface area contributed by atoms with Crippen molar-refractivity contribution in [2.45, 2.75) is 17.8 Å². The third-order valence-electron chi connectivity index (χ3n) is 2.68. The van der Waals surface area contributed by atoms with E-state index in [1.54, 1.807) is 11.7 Å². The first-order valence-electron chi connectivity index (χ1n) is 5.97. The van der Waals surface area contributed by atoms with Crippen LogP contribution < -0.4 is 0 Å². The molecule has 0 amide bonds. The molecule has 0 atom stereocenters. The molecule has 0 unspecified atom stereocenters. The maximum Gasteiger partial charge on any atom is 0.257 e. The van der Waals surface area contributed by atoms with Crippen LogP contribution in [0.15, 0.2) is 33.9 Å². The van der Waals surface area contributed by atoms with E-state index in [9.17, 15) is 0 Å². The number of benzene rings is 1. The number of nitrogens with zero attached hydrogens (tertiary/aromatic N) is 6. The molecule has 0 aliphatic rings. The van der Waals surface area contributed by atoms with Crippen LogP contribution in [0.4, 0.5) is 0 Å². The summed E-state index contributed by atoms with van der Waals surface area (Å²) in [6, 6.07) is 7.96. The first-order chi connectivity index (χ1) is 9.72. The Bertz CT molecular complexity index is 705. The van der Waals surface area contributed by atoms with Crippen molar-refractivity contribution in [1.82, 2.24) is 30.3 Å². The molecule has 3 rings (SSSR count). The van der Waals surface area contributed by atoms with Crippen LogP contribution in [0.3, 0.4) is 0 Å². The van der Waals surface area contributed by atoms with Gasteiger partial charge in [0.25, 0.3) is 5.89 Å². The van der Waals surface area contributed by atoms with E-state index in [0.29, 0.717) is 22.6 Å². The Balaban J connectivity index is 1.71. The second kappa shape index (κ2) is 5.41. The van der Waals surface area contributed by atoms with E-state index in [1.807, 2.05) is 31.2 Å². The summed E-state index contributed by atoms with van der Waals surface area (Å²) in [6.45, 7) is 2.04. The molecular formula is C12H12N6OS. The van der Waals surface area contributed by atoms with E-state index >= 15 is 0 Å². The minimum Gasteiger partial charge on any atom is -0.334 e. The Morgan fingerprint density at radius 1 is 1.25 bits per heavy atom. The van der Waals surface area contributed by atoms with Gasteiger partial charge in [-0.25, -0.2) is 4.68 Å². The van der Waals surface area contributed by atoms with Crippen molar-refractivity contribution in [3.63, 3.8) is 0 Å². The summed E-state index contributed by atoms with van der Waals surface area (Å²) in [5.74, 6) is 1.70. The number of hydrogen-bond acceptors (Lipinski definition) is 7. The van der Waals surface area contributed by atoms with Crippen molar-refractivity contribution in [1.29, 1.82) is 0 Å². The molecular weight excluding hydrogens is 276 g/mol. The summed E-state index contributed by atoms with van der Waals surface area (Å²) in [7, 11) is 1.79. The summed E-state index contributed by atoms with van der Waals surface area (Å²) in [5, 5.41) is 15.9. The van der Waals surface area contributed by atoms with Crippen LogP contribution in [0.2, 0.25) is 0 Å². The van der Waals surface area contributed by atoms with Gasteiger partial charge in [-0.2, -0.15) is 4.98 Å². The van der Waals surface area contributed by atoms with Gasteiger partial charge in [0.2, 0.25) is 5.16 Å². The van der Waals surface area contributed by atoms with Crippen molar-refractivity contribution in [3.05, 3.63) is 35.7 Å². The molecule has 0 aliphatic heterocycles. The van der Waals surface area contributed by atoms with E-state index in [0.717, 1.165) is 5.56 Å². The van der Waals surface area contributed by atoms with Crippen LogP contribution in [-0.4, -0.2) is 30.3 Å². The largest absolute Gasteiger partial charge is 0.334 e. The average Bonchev–Trinajstić information content (AvgIpc) is 3.06. The van der Waals surface area contributed by atoms with Crippen LogP contribution in [-0.2, 0) is 12.8 Å². The molecule has 0 fully saturated rings. The van der Waals surface area contributed by atoms with Crippen LogP contribution in [0.5, 0.6) is 0 Å². The SMILES string of the molecule is Cc1ccc(-c2nc(CSc3nnnn3C)no2)cc1. The fraction of sp³-hybridized carbons (Fsp3) is 0.250. The van der Waals surface area contributed by atoms with Crippen molar-refractivity contribution < 1.29 is 4.52 Å². The molecule has 0 saturated carbocycles. The van der Waals surface area contributed by atoms with Crippen LogP contribution in [0.25, 0.3) is 11.5 Å². The fourth-order valence-electron chi connectivity index (χ4n) is 1.60. The standard InChI is InChI=1S/C12H12N6OS/c1-8-3-5-9(6-4-8)11-13-10(15-19-11)7-20-12-14-16-17-18(12)2/h3-6H,7H2,1-2H3. The van der Waals surface area contributed by atoms with Gasteiger partial charge in [-0.3, -0.25) is 0 Å². The summed E-state index contributed by atoms with van der Waals surface area (Å²) < 4.78 is 6.86. The topological polar surface area (TPSA) is 82.5 Å². The first-order valence-corrected chi connectivity index (χ1v) is 6.96. The molecule has 2 aromatic heterocycles. The summed E-state index contributed by atoms with van der Waals surface area (Å²) in [4.78, 5) is 4.36. The minimum atomic E-state index is 0.525. The van der Waals surface area contributed by atoms with Gasteiger partial charge in [0.15, 0.2) is 5.82 Å². The average molecular weight is 288 g/mol. The van der Waals surface area contributed by atoms with Gasteiger partial charge >= 0.3 is 0 Å². The first kappa shape index (κ1) is 12.8. The third kappa shape index (κ3) is 2.69. The van der Waals surface area contributed by atoms with Gasteiger partial charge in [-0.1, -0.05) is 34.6 Å². The molecule has 3 aromatic rings. The number of rotatable bonds is 4. The number of aryl methyl sites for hydroxylation is 2. The molecule has 20 heavy (non-hydrogen) atoms. The van der Waals surface area contributed by atoms with Crippen LogP contribution in [0, 0.1) is 6.92 Å². The van der Waals surface area contributed by atoms with Crippen molar-refractivity contribution in [2.75, 3.05) is 0 Å². The Morgan fingerprint density at radius 3 is 2.75 bits per heavy atom. The van der Waals surface area contributed by atoms with Gasteiger partial charge in [-0.05, 0) is 29.5 Å². The molecule has 0 saturated heterocycles. The minimum absolute atomic E-state index is 0.525. The highest BCUT2D eigenvalue weighted by atomic mass is 32.2. The summed E-state index contributed by atoms with van der Waals surface area (Å²) in [6.07, 6.45) is 0. The van der Waals surface area contributed by atoms with E-state index in [-0.39, 0.29) is 0 Å². The monoisotopic (exact) mass is 288 g/mol. The Labute approximate surface area is 119 Å². The van der Waals surface area contributed by atoms with E-state index in [4.69, 9.17) is 4.52 Å². The molecule has 0 bridgehead atoms. The molecule has 0 radical (unpaired) electrons. The maximum atomic E-state index is 5.26. The van der Waals surface area contributed by atoms with Crippen LogP contribution >= 0.6 is 11.8 Å². The molecule has 7 nitrogen and oxygen atoms in total. The number of aromatic nitrogens is 6. The zero-order valence-electron chi connectivity index (χ0n) is 11.0. The highest BCUT2D eigenvalue weighted by molar-refractivity contribution is 7.98. The molecule has 0 N–H and O–H groups in total. The molecule has 8 heteroatoms. The Hall–Kier alpha value is -2.22. The summed E-state index contributed by atoms with van der Waals surface area (Å²) in [5.41, 5.74) is 2.11. The number of thioether (sulfide) groups is 1. The maximum absolute atomic E-state index is 5.26. The molecule has 2 heterocycles. The lowest BCUT2D eigenvalue weighted by molar-refractivity contribution is 0.425. The van der Waals surface area contributed by atoms with E-state index in [1.165, 1.54) is 17.3 Å². The van der Waals surface area contributed by atoms with Crippen molar-refractivity contribution in [3.8, 4) is 11.5 Å². The zero-order valence-corrected chi connectivity index (χ0v) is 11.8. The molecule has 102 valence electrons. The van der Waals surface area contributed by atoms with Gasteiger partial charge < -0.3 is 4.52 Å². The lowest BCUT2D eigenvalue weighted by Gasteiger charge is -1.95. The highest BCUT2D eigenvalue weighted by Gasteiger charge is 2.10. The molecule has 0 spiro atoms. The van der Waals surface area contributed by atoms with Crippen molar-refractivity contribution >= 4 is 11.8 Å². The lowest BCUT2D eigenvalue weighted by Crippen LogP contribution is -1.94. The predicted molar refractivity (Wildman–Crippen MR) is 72.8 cm³/mol. The highest BCUT2D eigenvalue weighted by Crippen LogP contribution is 2.21. The van der Waals surface area contributed by atoms with E-state index < -0.39 is 0 Å². The predicted octanol–water partition coefficient (Wildman–Crippen LogP) is 1.86. The van der Waals surface area contributed by atoms with Gasteiger partial charge in [0.1, 0.15) is 0 Å². The second-order valence-corrected chi connectivity index (χ2v) is 5.20. The summed E-state index contributed by atoms with van der Waals surface area (Å²) >= 11 is 1.46. The van der Waals surface area contributed by atoms with Gasteiger partial charge in [0.05, 0.1) is 5.75 Å². The van der Waals surface area contributed by atoms with Crippen molar-refractivity contribution in [2.24, 2.45) is 7.05 Å². The molecule has 1 aromatic carbocycles. The number of hydrogen-bond donors (Lipinski definition) is 0. The normalized spacial score (nSPS) is 10.9. The zero-order chi connectivity index (χ0) is 13.9. The third-order valence-corrected chi connectivity index (χ3v) is 3.68. The lowest BCUT2D eigenvalue weighted by atomic mass is 10.1. The smallest absolute Gasteiger partial charge is 0.257 e. The Morgan fingerprint density at radius 2 is 2.05 bits per heavy atom. The van der Waals surface area contributed by atoms with Gasteiger partial charge in [-0.15, -0.1) is 5.10 Å².